The summed E-state index contributed by atoms with van der Waals surface area (Å²) in [4.78, 5) is 0. The summed E-state index contributed by atoms with van der Waals surface area (Å²) in [6.07, 6.45) is 3.22. The van der Waals surface area contributed by atoms with Crippen LogP contribution in [0.25, 0.3) is 0 Å². The first-order valence-corrected chi connectivity index (χ1v) is 5.38. The third kappa shape index (κ3) is 3.15. The summed E-state index contributed by atoms with van der Waals surface area (Å²) in [7, 11) is 0. The second-order valence-corrected chi connectivity index (χ2v) is 4.51. The first kappa shape index (κ1) is 11.3. The van der Waals surface area contributed by atoms with Crippen LogP contribution in [0.3, 0.4) is 0 Å². The van der Waals surface area contributed by atoms with Crippen molar-refractivity contribution >= 4 is 0 Å². The average Bonchev–Trinajstić information content (AvgIpc) is 2.08. The van der Waals surface area contributed by atoms with E-state index in [0.29, 0.717) is 0 Å². The Morgan fingerprint density at radius 2 is 1.93 bits per heavy atom. The molecule has 0 aromatic heterocycles. The average molecular weight is 191 g/mol. The lowest BCUT2D eigenvalue weighted by atomic mass is 9.88. The van der Waals surface area contributed by atoms with E-state index in [1.54, 1.807) is 0 Å². The highest BCUT2D eigenvalue weighted by atomic mass is 14.7. The quantitative estimate of drug-likeness (QED) is 0.777. The number of aryl methyl sites for hydroxylation is 1. The molecule has 1 rings (SSSR count). The molecule has 1 unspecified atom stereocenters. The summed E-state index contributed by atoms with van der Waals surface area (Å²) in [5.41, 5.74) is 8.90. The number of benzene rings is 1. The normalized spacial score (nSPS) is 15.1. The van der Waals surface area contributed by atoms with Crippen molar-refractivity contribution in [3.63, 3.8) is 0 Å². The Kier molecular flexibility index (Phi) is 3.70. The van der Waals surface area contributed by atoms with Crippen LogP contribution in [0.4, 0.5) is 0 Å². The van der Waals surface area contributed by atoms with Gasteiger partial charge in [-0.1, -0.05) is 37.6 Å². The third-order valence-electron chi connectivity index (χ3n) is 2.68. The molecule has 0 aliphatic carbocycles. The van der Waals surface area contributed by atoms with Crippen LogP contribution < -0.4 is 5.73 Å². The fourth-order valence-corrected chi connectivity index (χ4v) is 1.90. The standard InChI is InChI=1S/C13H21N/c1-4-9-13(3,14)10-12-8-6-5-7-11(12)2/h5-8H,4,9-10,14H2,1-3H3. The summed E-state index contributed by atoms with van der Waals surface area (Å²) < 4.78 is 0. The Bertz CT molecular complexity index is 289. The molecular formula is C13H21N. The minimum atomic E-state index is -0.0547. The zero-order chi connectivity index (χ0) is 10.6. The summed E-state index contributed by atoms with van der Waals surface area (Å²) >= 11 is 0. The largest absolute Gasteiger partial charge is 0.325 e. The maximum atomic E-state index is 6.23. The Balaban J connectivity index is 2.73. The lowest BCUT2D eigenvalue weighted by Crippen LogP contribution is -2.38. The Morgan fingerprint density at radius 3 is 2.50 bits per heavy atom. The predicted octanol–water partition coefficient (Wildman–Crippen LogP) is 3.06. The van der Waals surface area contributed by atoms with E-state index >= 15 is 0 Å². The highest BCUT2D eigenvalue weighted by molar-refractivity contribution is 5.27. The second kappa shape index (κ2) is 4.61. The molecule has 1 atom stereocenters. The zero-order valence-corrected chi connectivity index (χ0v) is 9.51. The summed E-state index contributed by atoms with van der Waals surface area (Å²) in [5, 5.41) is 0. The molecule has 1 aromatic rings. The molecule has 14 heavy (non-hydrogen) atoms. The van der Waals surface area contributed by atoms with E-state index in [1.807, 2.05) is 0 Å². The highest BCUT2D eigenvalue weighted by Gasteiger charge is 2.18. The SMILES string of the molecule is CCCC(C)(N)Cc1ccccc1C. The smallest absolute Gasteiger partial charge is 0.0166 e. The van der Waals surface area contributed by atoms with Gasteiger partial charge in [0.1, 0.15) is 0 Å². The molecule has 1 nitrogen and oxygen atoms in total. The van der Waals surface area contributed by atoms with Gasteiger partial charge in [0.05, 0.1) is 0 Å². The van der Waals surface area contributed by atoms with Crippen LogP contribution in [0.5, 0.6) is 0 Å². The number of hydrogen-bond acceptors (Lipinski definition) is 1. The van der Waals surface area contributed by atoms with Crippen LogP contribution in [-0.2, 0) is 6.42 Å². The summed E-state index contributed by atoms with van der Waals surface area (Å²) in [6.45, 7) is 6.48. The number of hydrogen-bond donors (Lipinski definition) is 1. The number of nitrogens with two attached hydrogens (primary N) is 1. The van der Waals surface area contributed by atoms with Crippen LogP contribution in [0, 0.1) is 6.92 Å². The van der Waals surface area contributed by atoms with Gasteiger partial charge >= 0.3 is 0 Å². The van der Waals surface area contributed by atoms with Crippen LogP contribution in [0.1, 0.15) is 37.8 Å². The zero-order valence-electron chi connectivity index (χ0n) is 9.51. The van der Waals surface area contributed by atoms with Gasteiger partial charge in [-0.05, 0) is 37.8 Å². The van der Waals surface area contributed by atoms with Gasteiger partial charge in [-0.3, -0.25) is 0 Å². The minimum absolute atomic E-state index is 0.0547. The lowest BCUT2D eigenvalue weighted by molar-refractivity contribution is 0.424. The summed E-state index contributed by atoms with van der Waals surface area (Å²) in [5.74, 6) is 0. The van der Waals surface area contributed by atoms with E-state index in [1.165, 1.54) is 11.1 Å². The molecule has 0 bridgehead atoms. The summed E-state index contributed by atoms with van der Waals surface area (Å²) in [6, 6.07) is 8.49. The molecule has 0 spiro atoms. The van der Waals surface area contributed by atoms with Crippen molar-refractivity contribution in [2.24, 2.45) is 5.73 Å². The molecule has 0 heterocycles. The van der Waals surface area contributed by atoms with E-state index < -0.39 is 0 Å². The van der Waals surface area contributed by atoms with Crippen molar-refractivity contribution in [1.29, 1.82) is 0 Å². The predicted molar refractivity (Wildman–Crippen MR) is 62.4 cm³/mol. The van der Waals surface area contributed by atoms with Crippen molar-refractivity contribution in [3.05, 3.63) is 35.4 Å². The van der Waals surface area contributed by atoms with E-state index in [-0.39, 0.29) is 5.54 Å². The Hall–Kier alpha value is -0.820. The molecule has 78 valence electrons. The first-order valence-electron chi connectivity index (χ1n) is 5.38. The van der Waals surface area contributed by atoms with Gasteiger partial charge in [0.15, 0.2) is 0 Å². The monoisotopic (exact) mass is 191 g/mol. The Morgan fingerprint density at radius 1 is 1.29 bits per heavy atom. The molecule has 0 aliphatic heterocycles. The van der Waals surface area contributed by atoms with Gasteiger partial charge in [0, 0.05) is 5.54 Å². The maximum absolute atomic E-state index is 6.23. The maximum Gasteiger partial charge on any atom is 0.0166 e. The van der Waals surface area contributed by atoms with E-state index in [4.69, 9.17) is 5.73 Å². The van der Waals surface area contributed by atoms with Crippen molar-refractivity contribution in [1.82, 2.24) is 0 Å². The number of rotatable bonds is 4. The highest BCUT2D eigenvalue weighted by Crippen LogP contribution is 2.18. The lowest BCUT2D eigenvalue weighted by Gasteiger charge is -2.24. The van der Waals surface area contributed by atoms with Gasteiger partial charge in [-0.25, -0.2) is 0 Å². The molecule has 0 radical (unpaired) electrons. The van der Waals surface area contributed by atoms with E-state index in [0.717, 1.165) is 19.3 Å². The third-order valence-corrected chi connectivity index (χ3v) is 2.68. The van der Waals surface area contributed by atoms with Crippen molar-refractivity contribution in [2.75, 3.05) is 0 Å². The van der Waals surface area contributed by atoms with Crippen molar-refractivity contribution < 1.29 is 0 Å². The molecular weight excluding hydrogens is 170 g/mol. The van der Waals surface area contributed by atoms with Crippen LogP contribution in [0.15, 0.2) is 24.3 Å². The van der Waals surface area contributed by atoms with Gasteiger partial charge in [0.2, 0.25) is 0 Å². The van der Waals surface area contributed by atoms with Gasteiger partial charge in [-0.2, -0.15) is 0 Å². The van der Waals surface area contributed by atoms with Crippen molar-refractivity contribution in [2.45, 2.75) is 45.6 Å². The molecule has 1 aromatic carbocycles. The molecule has 2 N–H and O–H groups in total. The molecule has 0 amide bonds. The molecule has 0 saturated carbocycles. The van der Waals surface area contributed by atoms with Crippen molar-refractivity contribution in [3.8, 4) is 0 Å². The molecule has 0 fully saturated rings. The topological polar surface area (TPSA) is 26.0 Å². The minimum Gasteiger partial charge on any atom is -0.325 e. The van der Waals surface area contributed by atoms with E-state index in [2.05, 4.69) is 45.0 Å². The van der Waals surface area contributed by atoms with Crippen LogP contribution in [0.2, 0.25) is 0 Å². The fraction of sp³-hybridized carbons (Fsp3) is 0.538. The Labute approximate surface area is 87.3 Å². The molecule has 1 heteroatoms. The molecule has 0 aliphatic rings. The van der Waals surface area contributed by atoms with Gasteiger partial charge in [0.25, 0.3) is 0 Å². The van der Waals surface area contributed by atoms with Gasteiger partial charge < -0.3 is 5.73 Å². The fourth-order valence-electron chi connectivity index (χ4n) is 1.90. The van der Waals surface area contributed by atoms with Crippen LogP contribution in [-0.4, -0.2) is 5.54 Å². The first-order chi connectivity index (χ1) is 6.55. The van der Waals surface area contributed by atoms with E-state index in [9.17, 15) is 0 Å². The molecule has 0 saturated heterocycles. The van der Waals surface area contributed by atoms with Crippen LogP contribution >= 0.6 is 0 Å². The van der Waals surface area contributed by atoms with Gasteiger partial charge in [-0.15, -0.1) is 0 Å². The second-order valence-electron chi connectivity index (χ2n) is 4.51.